The molecule has 4 N–H and O–H groups in total. The van der Waals surface area contributed by atoms with E-state index in [4.69, 9.17) is 9.47 Å². The number of nitrogens with one attached hydrogen (secondary N) is 4. The van der Waals surface area contributed by atoms with Crippen molar-refractivity contribution in [1.82, 2.24) is 31.9 Å². The zero-order chi connectivity index (χ0) is 21.0. The average molecular weight is 405 g/mol. The van der Waals surface area contributed by atoms with E-state index in [9.17, 15) is 9.59 Å². The van der Waals surface area contributed by atoms with Gasteiger partial charge in [-0.3, -0.25) is 9.59 Å². The summed E-state index contributed by atoms with van der Waals surface area (Å²) in [5.74, 6) is -0.485. The zero-order valence-electron chi connectivity index (χ0n) is 18.0. The van der Waals surface area contributed by atoms with Crippen molar-refractivity contribution < 1.29 is 19.1 Å². The molecule has 10 nitrogen and oxygen atoms in total. The summed E-state index contributed by atoms with van der Waals surface area (Å²) in [4.78, 5) is 23.5. The van der Waals surface area contributed by atoms with Crippen LogP contribution in [-0.2, 0) is 19.1 Å². The first-order valence-corrected chi connectivity index (χ1v) is 10.4. The fourth-order valence-electron chi connectivity index (χ4n) is 2.38. The van der Waals surface area contributed by atoms with Crippen LogP contribution in [0.5, 0.6) is 0 Å². The first-order valence-electron chi connectivity index (χ1n) is 10.4. The number of hydrogen-bond acceptors (Lipinski definition) is 10. The number of carbonyl (C=O) groups is 2. The molecule has 0 bridgehead atoms. The molecule has 0 unspecified atom stereocenters. The van der Waals surface area contributed by atoms with Crippen LogP contribution in [0.15, 0.2) is 0 Å². The second kappa shape index (κ2) is 19.0. The maximum atomic E-state index is 11.7. The molecule has 0 saturated carbocycles. The predicted octanol–water partition coefficient (Wildman–Crippen LogP) is 0.335. The molecule has 0 fully saturated rings. The van der Waals surface area contributed by atoms with E-state index >= 15 is 0 Å². The average Bonchev–Trinajstić information content (AvgIpc) is 2.66. The number of carbonyl (C=O) groups excluding carboxylic acids is 2. The van der Waals surface area contributed by atoms with Gasteiger partial charge in [0.25, 0.3) is 0 Å². The van der Waals surface area contributed by atoms with Gasteiger partial charge in [0.15, 0.2) is 0 Å². The quantitative estimate of drug-likeness (QED) is 0.137. The normalized spacial score (nSPS) is 11.2. The molecule has 0 aliphatic rings. The smallest absolute Gasteiger partial charge is 0.305 e. The highest BCUT2D eigenvalue weighted by Crippen LogP contribution is 2.03. The maximum Gasteiger partial charge on any atom is 0.305 e. The molecule has 0 aromatic rings. The summed E-state index contributed by atoms with van der Waals surface area (Å²) in [6.07, 6.45) is 1.84. The molecular weight excluding hydrogens is 364 g/mol. The fourth-order valence-corrected chi connectivity index (χ4v) is 2.38. The molecule has 0 aromatic carbocycles. The van der Waals surface area contributed by atoms with Crippen molar-refractivity contribution in [1.29, 1.82) is 0 Å². The van der Waals surface area contributed by atoms with Crippen LogP contribution in [0.25, 0.3) is 0 Å². The first kappa shape index (κ1) is 26.7. The summed E-state index contributed by atoms with van der Waals surface area (Å²) < 4.78 is 10.4. The van der Waals surface area contributed by atoms with Gasteiger partial charge in [-0.1, -0.05) is 27.7 Å². The molecular formula is C18H40N6O4. The lowest BCUT2D eigenvalue weighted by Gasteiger charge is -2.22. The fraction of sp³-hybridized carbons (Fsp3) is 0.889. The summed E-state index contributed by atoms with van der Waals surface area (Å²) in [5.41, 5.74) is 12.5. The molecule has 0 heterocycles. The predicted molar refractivity (Wildman–Crippen MR) is 109 cm³/mol. The van der Waals surface area contributed by atoms with Gasteiger partial charge in [-0.05, 0) is 12.8 Å². The molecule has 0 radical (unpaired) electrons. The summed E-state index contributed by atoms with van der Waals surface area (Å²) >= 11 is 0. The number of hydrogen-bond donors (Lipinski definition) is 4. The summed E-state index contributed by atoms with van der Waals surface area (Å²) in [7, 11) is 0. The first-order chi connectivity index (χ1) is 13.6. The van der Waals surface area contributed by atoms with E-state index in [0.717, 1.165) is 26.2 Å². The lowest BCUT2D eigenvalue weighted by molar-refractivity contribution is -0.146. The van der Waals surface area contributed by atoms with Crippen LogP contribution < -0.4 is 21.7 Å². The summed E-state index contributed by atoms with van der Waals surface area (Å²) in [6.45, 7) is 12.9. The second-order valence-corrected chi connectivity index (χ2v) is 6.00. The Labute approximate surface area is 169 Å². The number of unbranched alkanes of at least 4 members (excludes halogenated alkanes) is 1. The van der Waals surface area contributed by atoms with Crippen molar-refractivity contribution in [2.45, 2.75) is 53.4 Å². The van der Waals surface area contributed by atoms with Crippen LogP contribution in [0.1, 0.15) is 53.4 Å². The van der Waals surface area contributed by atoms with Gasteiger partial charge >= 0.3 is 11.9 Å². The molecule has 0 saturated heterocycles. The molecule has 28 heavy (non-hydrogen) atoms. The van der Waals surface area contributed by atoms with Gasteiger partial charge < -0.3 is 9.47 Å². The lowest BCUT2D eigenvalue weighted by Crippen LogP contribution is -2.49. The molecule has 166 valence electrons. The minimum atomic E-state index is -0.242. The van der Waals surface area contributed by atoms with Crippen LogP contribution in [-0.4, -0.2) is 74.7 Å². The van der Waals surface area contributed by atoms with E-state index in [1.807, 2.05) is 37.9 Å². The Morgan fingerprint density at radius 1 is 0.643 bits per heavy atom. The minimum absolute atomic E-state index is 0.242. The third kappa shape index (κ3) is 15.7. The van der Waals surface area contributed by atoms with Gasteiger partial charge in [-0.2, -0.15) is 10.2 Å². The number of ether oxygens (including phenoxy) is 2. The highest BCUT2D eigenvalue weighted by molar-refractivity contribution is 5.70. The van der Waals surface area contributed by atoms with Gasteiger partial charge in [0.1, 0.15) is 13.2 Å². The van der Waals surface area contributed by atoms with Crippen molar-refractivity contribution in [2.75, 3.05) is 52.5 Å². The van der Waals surface area contributed by atoms with Crippen molar-refractivity contribution in [3.05, 3.63) is 0 Å². The van der Waals surface area contributed by atoms with Gasteiger partial charge in [-0.25, -0.2) is 21.7 Å². The van der Waals surface area contributed by atoms with Crippen molar-refractivity contribution >= 4 is 11.9 Å². The van der Waals surface area contributed by atoms with Crippen molar-refractivity contribution in [2.24, 2.45) is 0 Å². The van der Waals surface area contributed by atoms with Gasteiger partial charge in [0.05, 0.1) is 13.1 Å². The van der Waals surface area contributed by atoms with Crippen LogP contribution >= 0.6 is 0 Å². The largest absolute Gasteiger partial charge is 0.464 e. The number of rotatable bonds is 19. The molecule has 0 amide bonds. The topological polar surface area (TPSA) is 107 Å². The standard InChI is InChI=1S/C18H40N6O4/c1-5-19-23(20-6-2)13-15-27-17(25)11-9-10-12-18(26)28-16-14-24(21-7-3)22-8-4/h19-22H,5-16H2,1-4H3. The highest BCUT2D eigenvalue weighted by Gasteiger charge is 2.08. The highest BCUT2D eigenvalue weighted by atomic mass is 16.5. The van der Waals surface area contributed by atoms with Crippen LogP contribution in [0, 0.1) is 0 Å². The molecule has 0 atom stereocenters. The van der Waals surface area contributed by atoms with Gasteiger partial charge in [-0.15, -0.1) is 0 Å². The van der Waals surface area contributed by atoms with Crippen LogP contribution in [0.4, 0.5) is 0 Å². The van der Waals surface area contributed by atoms with Crippen molar-refractivity contribution in [3.8, 4) is 0 Å². The zero-order valence-corrected chi connectivity index (χ0v) is 18.0. The summed E-state index contributed by atoms with van der Waals surface area (Å²) in [6, 6.07) is 0. The second-order valence-electron chi connectivity index (χ2n) is 6.00. The van der Waals surface area contributed by atoms with E-state index < -0.39 is 0 Å². The van der Waals surface area contributed by atoms with Gasteiger partial charge in [0, 0.05) is 39.0 Å². The van der Waals surface area contributed by atoms with E-state index in [2.05, 4.69) is 21.7 Å². The Kier molecular flexibility index (Phi) is 18.2. The Bertz CT molecular complexity index is 352. The Morgan fingerprint density at radius 3 is 1.25 bits per heavy atom. The molecule has 0 aliphatic carbocycles. The molecule has 0 rings (SSSR count). The van der Waals surface area contributed by atoms with E-state index in [-0.39, 0.29) is 11.9 Å². The molecule has 10 heteroatoms. The lowest BCUT2D eigenvalue weighted by atomic mass is 10.2. The van der Waals surface area contributed by atoms with Crippen LogP contribution in [0.2, 0.25) is 0 Å². The SMILES string of the molecule is CCNN(CCOC(=O)CCCCC(=O)OCCN(NCC)NCC)NCC. The van der Waals surface area contributed by atoms with Crippen LogP contribution in [0.3, 0.4) is 0 Å². The monoisotopic (exact) mass is 404 g/mol. The van der Waals surface area contributed by atoms with E-state index in [1.54, 1.807) is 0 Å². The van der Waals surface area contributed by atoms with Gasteiger partial charge in [0.2, 0.25) is 0 Å². The Hall–Kier alpha value is -1.30. The van der Waals surface area contributed by atoms with E-state index in [1.165, 1.54) is 0 Å². The van der Waals surface area contributed by atoms with Crippen molar-refractivity contribution in [3.63, 3.8) is 0 Å². The third-order valence-corrected chi connectivity index (χ3v) is 3.56. The summed E-state index contributed by atoms with van der Waals surface area (Å²) in [5, 5.41) is 3.63. The molecule has 0 aliphatic heterocycles. The number of hydrazine groups is 4. The Morgan fingerprint density at radius 2 is 0.964 bits per heavy atom. The number of esters is 2. The Balaban J connectivity index is 3.71. The number of nitrogens with zero attached hydrogens (tertiary/aromatic N) is 2. The van der Waals surface area contributed by atoms with E-state index in [0.29, 0.717) is 52.0 Å². The minimum Gasteiger partial charge on any atom is -0.464 e. The molecule has 0 aromatic heterocycles. The third-order valence-electron chi connectivity index (χ3n) is 3.56. The molecule has 0 spiro atoms. The maximum absolute atomic E-state index is 11.7.